The number of rotatable bonds is 3. The third-order valence-corrected chi connectivity index (χ3v) is 3.93. The van der Waals surface area contributed by atoms with Crippen molar-refractivity contribution in [3.05, 3.63) is 35.6 Å². The van der Waals surface area contributed by atoms with Crippen LogP contribution in [0.15, 0.2) is 24.3 Å². The molecule has 19 heavy (non-hydrogen) atoms. The van der Waals surface area contributed by atoms with Gasteiger partial charge in [0.1, 0.15) is 5.82 Å². The lowest BCUT2D eigenvalue weighted by atomic mass is 9.92. The molecule has 0 aromatic heterocycles. The molecule has 0 bridgehead atoms. The first-order chi connectivity index (χ1) is 8.87. The van der Waals surface area contributed by atoms with E-state index in [1.807, 2.05) is 12.1 Å². The van der Waals surface area contributed by atoms with E-state index in [1.165, 1.54) is 5.56 Å². The summed E-state index contributed by atoms with van der Waals surface area (Å²) in [6, 6.07) is 7.42. The number of nitrogens with zero attached hydrogens (tertiary/aromatic N) is 1. The van der Waals surface area contributed by atoms with Crippen LogP contribution in [-0.4, -0.2) is 29.6 Å². The maximum absolute atomic E-state index is 13.0. The Hall–Kier alpha value is -0.930. The van der Waals surface area contributed by atoms with Gasteiger partial charge in [-0.1, -0.05) is 26.0 Å². The molecule has 1 aliphatic rings. The molecule has 0 saturated carbocycles. The van der Waals surface area contributed by atoms with E-state index in [1.54, 1.807) is 12.1 Å². The largest absolute Gasteiger partial charge is 0.309 e. The van der Waals surface area contributed by atoms with Crippen LogP contribution in [0.5, 0.6) is 0 Å². The van der Waals surface area contributed by atoms with Gasteiger partial charge in [0.25, 0.3) is 0 Å². The van der Waals surface area contributed by atoms with E-state index in [2.05, 4.69) is 37.9 Å². The number of hydrogen-bond acceptors (Lipinski definition) is 2. The van der Waals surface area contributed by atoms with E-state index in [-0.39, 0.29) is 11.4 Å². The number of halogens is 1. The SMILES string of the molecule is CC(C)C1CNC(C)(C)CN1Cc1ccc(F)cc1. The van der Waals surface area contributed by atoms with Crippen LogP contribution in [0.4, 0.5) is 4.39 Å². The van der Waals surface area contributed by atoms with E-state index in [0.717, 1.165) is 19.6 Å². The molecule has 0 aliphatic carbocycles. The summed E-state index contributed by atoms with van der Waals surface area (Å²) in [7, 11) is 0. The van der Waals surface area contributed by atoms with E-state index in [4.69, 9.17) is 0 Å². The van der Waals surface area contributed by atoms with Crippen LogP contribution in [0.25, 0.3) is 0 Å². The number of hydrogen-bond donors (Lipinski definition) is 1. The Morgan fingerprint density at radius 2 is 1.95 bits per heavy atom. The maximum Gasteiger partial charge on any atom is 0.123 e. The summed E-state index contributed by atoms with van der Waals surface area (Å²) in [5.74, 6) is 0.453. The van der Waals surface area contributed by atoms with Gasteiger partial charge in [0.05, 0.1) is 0 Å². The molecule has 1 unspecified atom stereocenters. The first-order valence-electron chi connectivity index (χ1n) is 7.11. The highest BCUT2D eigenvalue weighted by Crippen LogP contribution is 2.22. The molecular weight excluding hydrogens is 239 g/mol. The van der Waals surface area contributed by atoms with Crippen molar-refractivity contribution in [2.75, 3.05) is 13.1 Å². The zero-order chi connectivity index (χ0) is 14.0. The molecule has 2 rings (SSSR count). The molecule has 0 spiro atoms. The molecule has 2 nitrogen and oxygen atoms in total. The van der Waals surface area contributed by atoms with E-state index >= 15 is 0 Å². The second-order valence-corrected chi connectivity index (χ2v) is 6.61. The average Bonchev–Trinajstić information content (AvgIpc) is 2.30. The summed E-state index contributed by atoms with van der Waals surface area (Å²) in [6.45, 7) is 11.9. The van der Waals surface area contributed by atoms with Gasteiger partial charge in [-0.3, -0.25) is 4.90 Å². The molecule has 1 aromatic carbocycles. The van der Waals surface area contributed by atoms with Crippen molar-refractivity contribution in [1.29, 1.82) is 0 Å². The van der Waals surface area contributed by atoms with E-state index in [0.29, 0.717) is 12.0 Å². The van der Waals surface area contributed by atoms with Crippen LogP contribution < -0.4 is 5.32 Å². The normalized spacial score (nSPS) is 23.8. The summed E-state index contributed by atoms with van der Waals surface area (Å²) in [5, 5.41) is 3.61. The Balaban J connectivity index is 2.11. The van der Waals surface area contributed by atoms with Crippen molar-refractivity contribution in [3.63, 3.8) is 0 Å². The van der Waals surface area contributed by atoms with Crippen LogP contribution in [0.1, 0.15) is 33.3 Å². The highest BCUT2D eigenvalue weighted by Gasteiger charge is 2.33. The lowest BCUT2D eigenvalue weighted by Gasteiger charge is -2.46. The lowest BCUT2D eigenvalue weighted by molar-refractivity contribution is 0.0627. The van der Waals surface area contributed by atoms with Gasteiger partial charge in [-0.2, -0.15) is 0 Å². The number of benzene rings is 1. The number of nitrogens with one attached hydrogen (secondary N) is 1. The minimum absolute atomic E-state index is 0.144. The Morgan fingerprint density at radius 1 is 1.32 bits per heavy atom. The van der Waals surface area contributed by atoms with Crippen LogP contribution >= 0.6 is 0 Å². The zero-order valence-electron chi connectivity index (χ0n) is 12.4. The summed E-state index contributed by atoms with van der Waals surface area (Å²) in [4.78, 5) is 2.52. The van der Waals surface area contributed by atoms with Crippen molar-refractivity contribution < 1.29 is 4.39 Å². The quantitative estimate of drug-likeness (QED) is 0.902. The predicted octanol–water partition coefficient (Wildman–Crippen LogP) is 3.03. The van der Waals surface area contributed by atoms with Crippen LogP contribution in [0.3, 0.4) is 0 Å². The maximum atomic E-state index is 13.0. The van der Waals surface area contributed by atoms with Crippen molar-refractivity contribution >= 4 is 0 Å². The zero-order valence-corrected chi connectivity index (χ0v) is 12.4. The third kappa shape index (κ3) is 3.77. The molecule has 1 aliphatic heterocycles. The van der Waals surface area contributed by atoms with Gasteiger partial charge in [0.15, 0.2) is 0 Å². The lowest BCUT2D eigenvalue weighted by Crippen LogP contribution is -2.62. The Bertz CT molecular complexity index is 411. The smallest absolute Gasteiger partial charge is 0.123 e. The van der Waals surface area contributed by atoms with Crippen LogP contribution in [-0.2, 0) is 6.54 Å². The summed E-state index contributed by atoms with van der Waals surface area (Å²) in [6.07, 6.45) is 0. The van der Waals surface area contributed by atoms with Gasteiger partial charge in [-0.15, -0.1) is 0 Å². The van der Waals surface area contributed by atoms with Gasteiger partial charge >= 0.3 is 0 Å². The van der Waals surface area contributed by atoms with Crippen molar-refractivity contribution in [3.8, 4) is 0 Å². The van der Waals surface area contributed by atoms with Crippen LogP contribution in [0.2, 0.25) is 0 Å². The highest BCUT2D eigenvalue weighted by atomic mass is 19.1. The van der Waals surface area contributed by atoms with Crippen molar-refractivity contribution in [2.45, 2.75) is 45.8 Å². The molecule has 1 heterocycles. The second kappa shape index (κ2) is 5.59. The molecule has 106 valence electrons. The van der Waals surface area contributed by atoms with Gasteiger partial charge in [-0.25, -0.2) is 4.39 Å². The number of piperazine rings is 1. The molecule has 0 radical (unpaired) electrons. The fourth-order valence-electron chi connectivity index (χ4n) is 2.85. The van der Waals surface area contributed by atoms with E-state index in [9.17, 15) is 4.39 Å². The summed E-state index contributed by atoms with van der Waals surface area (Å²) in [5.41, 5.74) is 1.33. The summed E-state index contributed by atoms with van der Waals surface area (Å²) >= 11 is 0. The van der Waals surface area contributed by atoms with Gasteiger partial charge < -0.3 is 5.32 Å². The van der Waals surface area contributed by atoms with Gasteiger partial charge in [0.2, 0.25) is 0 Å². The first-order valence-corrected chi connectivity index (χ1v) is 7.11. The minimum atomic E-state index is -0.162. The van der Waals surface area contributed by atoms with Crippen LogP contribution in [0, 0.1) is 11.7 Å². The molecule has 3 heteroatoms. The van der Waals surface area contributed by atoms with Gasteiger partial charge in [-0.05, 0) is 37.5 Å². The van der Waals surface area contributed by atoms with Crippen molar-refractivity contribution in [1.82, 2.24) is 10.2 Å². The molecular formula is C16H25FN2. The third-order valence-electron chi connectivity index (χ3n) is 3.93. The summed E-state index contributed by atoms with van der Waals surface area (Å²) < 4.78 is 13.0. The highest BCUT2D eigenvalue weighted by molar-refractivity contribution is 5.16. The Kier molecular flexibility index (Phi) is 4.26. The second-order valence-electron chi connectivity index (χ2n) is 6.61. The molecule has 1 saturated heterocycles. The Morgan fingerprint density at radius 3 is 2.53 bits per heavy atom. The molecule has 1 fully saturated rings. The van der Waals surface area contributed by atoms with Crippen molar-refractivity contribution in [2.24, 2.45) is 5.92 Å². The molecule has 1 atom stereocenters. The predicted molar refractivity (Wildman–Crippen MR) is 77.5 cm³/mol. The van der Waals surface area contributed by atoms with Gasteiger partial charge in [0, 0.05) is 31.2 Å². The van der Waals surface area contributed by atoms with E-state index < -0.39 is 0 Å². The monoisotopic (exact) mass is 264 g/mol. The molecule has 1 N–H and O–H groups in total. The average molecular weight is 264 g/mol. The molecule has 0 amide bonds. The first kappa shape index (κ1) is 14.5. The fourth-order valence-corrected chi connectivity index (χ4v) is 2.85. The Labute approximate surface area is 116 Å². The fraction of sp³-hybridized carbons (Fsp3) is 0.625. The minimum Gasteiger partial charge on any atom is -0.309 e. The molecule has 1 aromatic rings. The standard InChI is InChI=1S/C16H25FN2/c1-12(2)15-9-18-16(3,4)11-19(15)10-13-5-7-14(17)8-6-13/h5-8,12,15,18H,9-11H2,1-4H3. The topological polar surface area (TPSA) is 15.3 Å².